The molecule has 0 saturated carbocycles. The summed E-state index contributed by atoms with van der Waals surface area (Å²) in [7, 11) is 0. The average molecular weight is 291 g/mol. The number of amides is 1. The van der Waals surface area contributed by atoms with Crippen molar-refractivity contribution in [3.63, 3.8) is 0 Å². The molecule has 0 fully saturated rings. The number of rotatable bonds is 2. The molecular formula is C18H17N3O. The molecule has 1 unspecified atom stereocenters. The summed E-state index contributed by atoms with van der Waals surface area (Å²) < 4.78 is 0. The van der Waals surface area contributed by atoms with E-state index in [-0.39, 0.29) is 11.9 Å². The van der Waals surface area contributed by atoms with Crippen molar-refractivity contribution in [3.8, 4) is 0 Å². The van der Waals surface area contributed by atoms with Gasteiger partial charge in [0.05, 0.1) is 23.8 Å². The molecule has 2 heterocycles. The van der Waals surface area contributed by atoms with Crippen LogP contribution in [0.3, 0.4) is 0 Å². The number of hydrogen-bond donors (Lipinski definition) is 1. The zero-order valence-electron chi connectivity index (χ0n) is 12.4. The second-order valence-corrected chi connectivity index (χ2v) is 5.88. The van der Waals surface area contributed by atoms with Crippen molar-refractivity contribution in [3.05, 3.63) is 59.9 Å². The average Bonchev–Trinajstić information content (AvgIpc) is 3.09. The van der Waals surface area contributed by atoms with E-state index in [4.69, 9.17) is 0 Å². The maximum Gasteiger partial charge on any atom is 0.231 e. The molecule has 1 aliphatic rings. The van der Waals surface area contributed by atoms with Gasteiger partial charge in [0, 0.05) is 11.7 Å². The minimum atomic E-state index is 0.149. The monoisotopic (exact) mass is 291 g/mol. The van der Waals surface area contributed by atoms with Crippen molar-refractivity contribution in [2.45, 2.75) is 25.8 Å². The third-order valence-corrected chi connectivity index (χ3v) is 4.32. The Hall–Kier alpha value is -2.62. The molecule has 1 aliphatic heterocycles. The van der Waals surface area contributed by atoms with Gasteiger partial charge in [-0.25, -0.2) is 4.98 Å². The van der Waals surface area contributed by atoms with Crippen LogP contribution in [0.25, 0.3) is 11.0 Å². The molecule has 0 bridgehead atoms. The smallest absolute Gasteiger partial charge is 0.231 e. The van der Waals surface area contributed by atoms with Crippen molar-refractivity contribution in [2.75, 3.05) is 4.90 Å². The van der Waals surface area contributed by atoms with Gasteiger partial charge in [-0.05, 0) is 42.7 Å². The van der Waals surface area contributed by atoms with Gasteiger partial charge in [-0.3, -0.25) is 4.79 Å². The summed E-state index contributed by atoms with van der Waals surface area (Å²) in [6.07, 6.45) is 3.02. The molecular weight excluding hydrogens is 274 g/mol. The van der Waals surface area contributed by atoms with Crippen LogP contribution in [0, 0.1) is 0 Å². The number of aromatic nitrogens is 2. The second kappa shape index (κ2) is 4.98. The zero-order chi connectivity index (χ0) is 15.1. The highest BCUT2D eigenvalue weighted by atomic mass is 16.2. The summed E-state index contributed by atoms with van der Waals surface area (Å²) in [5.41, 5.74) is 5.23. The molecule has 4 nitrogen and oxygen atoms in total. The van der Waals surface area contributed by atoms with E-state index in [1.807, 2.05) is 41.3 Å². The molecule has 0 saturated heterocycles. The van der Waals surface area contributed by atoms with Crippen LogP contribution in [0.1, 0.15) is 18.1 Å². The minimum absolute atomic E-state index is 0.149. The first kappa shape index (κ1) is 13.1. The first-order chi connectivity index (χ1) is 10.7. The van der Waals surface area contributed by atoms with Gasteiger partial charge in [0.15, 0.2) is 0 Å². The van der Waals surface area contributed by atoms with Crippen molar-refractivity contribution in [1.82, 2.24) is 9.97 Å². The topological polar surface area (TPSA) is 49.0 Å². The van der Waals surface area contributed by atoms with E-state index in [1.165, 1.54) is 5.56 Å². The highest BCUT2D eigenvalue weighted by Gasteiger charge is 2.30. The van der Waals surface area contributed by atoms with E-state index in [9.17, 15) is 4.79 Å². The van der Waals surface area contributed by atoms with Crippen LogP contribution in [0.5, 0.6) is 0 Å². The second-order valence-electron chi connectivity index (χ2n) is 5.88. The predicted molar refractivity (Wildman–Crippen MR) is 86.9 cm³/mol. The van der Waals surface area contributed by atoms with Crippen LogP contribution >= 0.6 is 0 Å². The largest absolute Gasteiger partial charge is 0.345 e. The molecule has 0 aliphatic carbocycles. The van der Waals surface area contributed by atoms with E-state index in [1.54, 1.807) is 6.33 Å². The number of benzene rings is 2. The number of carbonyl (C=O) groups excluding carboxylic acids is 1. The SMILES string of the molecule is CC1Cc2ccccc2N1C(=O)Cc1ccc2nc[nH]c2c1. The third-order valence-electron chi connectivity index (χ3n) is 4.32. The fraction of sp³-hybridized carbons (Fsp3) is 0.222. The lowest BCUT2D eigenvalue weighted by atomic mass is 10.1. The summed E-state index contributed by atoms with van der Waals surface area (Å²) in [6, 6.07) is 14.3. The van der Waals surface area contributed by atoms with E-state index in [0.717, 1.165) is 28.7 Å². The van der Waals surface area contributed by atoms with Gasteiger partial charge in [-0.15, -0.1) is 0 Å². The number of nitrogens with zero attached hydrogens (tertiary/aromatic N) is 2. The van der Waals surface area contributed by atoms with Gasteiger partial charge in [-0.1, -0.05) is 24.3 Å². The van der Waals surface area contributed by atoms with E-state index in [2.05, 4.69) is 23.0 Å². The highest BCUT2D eigenvalue weighted by molar-refractivity contribution is 5.97. The molecule has 1 amide bonds. The molecule has 3 aromatic rings. The Morgan fingerprint density at radius 2 is 2.18 bits per heavy atom. The Balaban J connectivity index is 1.62. The van der Waals surface area contributed by atoms with Gasteiger partial charge in [0.25, 0.3) is 0 Å². The molecule has 1 atom stereocenters. The Morgan fingerprint density at radius 3 is 3.09 bits per heavy atom. The normalized spacial score (nSPS) is 17.0. The van der Waals surface area contributed by atoms with Gasteiger partial charge < -0.3 is 9.88 Å². The number of aromatic amines is 1. The number of para-hydroxylation sites is 1. The van der Waals surface area contributed by atoms with Gasteiger partial charge in [-0.2, -0.15) is 0 Å². The number of nitrogens with one attached hydrogen (secondary N) is 1. The molecule has 1 N–H and O–H groups in total. The van der Waals surface area contributed by atoms with E-state index < -0.39 is 0 Å². The van der Waals surface area contributed by atoms with Crippen molar-refractivity contribution in [1.29, 1.82) is 0 Å². The van der Waals surface area contributed by atoms with Crippen molar-refractivity contribution >= 4 is 22.6 Å². The zero-order valence-corrected chi connectivity index (χ0v) is 12.4. The fourth-order valence-electron chi connectivity index (χ4n) is 3.30. The van der Waals surface area contributed by atoms with Crippen LogP contribution in [-0.2, 0) is 17.6 Å². The number of carbonyl (C=O) groups is 1. The molecule has 0 spiro atoms. The number of H-pyrrole nitrogens is 1. The first-order valence-electron chi connectivity index (χ1n) is 7.54. The van der Waals surface area contributed by atoms with Crippen LogP contribution in [0.4, 0.5) is 5.69 Å². The van der Waals surface area contributed by atoms with Crippen LogP contribution in [0.2, 0.25) is 0 Å². The molecule has 22 heavy (non-hydrogen) atoms. The van der Waals surface area contributed by atoms with Crippen LogP contribution < -0.4 is 4.90 Å². The van der Waals surface area contributed by atoms with Gasteiger partial charge in [0.1, 0.15) is 0 Å². The molecule has 110 valence electrons. The first-order valence-corrected chi connectivity index (χ1v) is 7.54. The van der Waals surface area contributed by atoms with Crippen molar-refractivity contribution < 1.29 is 4.79 Å². The number of fused-ring (bicyclic) bond motifs is 2. The fourth-order valence-corrected chi connectivity index (χ4v) is 3.30. The minimum Gasteiger partial charge on any atom is -0.345 e. The third kappa shape index (κ3) is 2.08. The van der Waals surface area contributed by atoms with Crippen LogP contribution in [0.15, 0.2) is 48.8 Å². The predicted octanol–water partition coefficient (Wildman–Crippen LogP) is 3.08. The molecule has 4 heteroatoms. The summed E-state index contributed by atoms with van der Waals surface area (Å²) in [5, 5.41) is 0. The summed E-state index contributed by atoms with van der Waals surface area (Å²) in [6.45, 7) is 2.11. The number of anilines is 1. The van der Waals surface area contributed by atoms with Crippen molar-refractivity contribution in [2.24, 2.45) is 0 Å². The van der Waals surface area contributed by atoms with Crippen LogP contribution in [-0.4, -0.2) is 21.9 Å². The Labute approximate surface area is 128 Å². The number of imidazole rings is 1. The molecule has 2 aromatic carbocycles. The van der Waals surface area contributed by atoms with Gasteiger partial charge in [0.2, 0.25) is 5.91 Å². The maximum absolute atomic E-state index is 12.8. The Bertz CT molecular complexity index is 852. The Kier molecular flexibility index (Phi) is 2.96. The molecule has 4 rings (SSSR count). The van der Waals surface area contributed by atoms with Gasteiger partial charge >= 0.3 is 0 Å². The standard InChI is InChI=1S/C18H17N3O/c1-12-8-14-4-2-3-5-17(14)21(12)18(22)10-13-6-7-15-16(9-13)20-11-19-15/h2-7,9,11-12H,8,10H2,1H3,(H,19,20). The lowest BCUT2D eigenvalue weighted by molar-refractivity contribution is -0.118. The number of hydrogen-bond acceptors (Lipinski definition) is 2. The summed E-state index contributed by atoms with van der Waals surface area (Å²) in [5.74, 6) is 0.149. The quantitative estimate of drug-likeness (QED) is 0.789. The Morgan fingerprint density at radius 1 is 1.32 bits per heavy atom. The maximum atomic E-state index is 12.8. The summed E-state index contributed by atoms with van der Waals surface area (Å²) >= 11 is 0. The molecule has 0 radical (unpaired) electrons. The molecule has 1 aromatic heterocycles. The highest BCUT2D eigenvalue weighted by Crippen LogP contribution is 2.32. The van der Waals surface area contributed by atoms with E-state index >= 15 is 0 Å². The lowest BCUT2D eigenvalue weighted by Crippen LogP contribution is -2.36. The van der Waals surface area contributed by atoms with E-state index in [0.29, 0.717) is 6.42 Å². The summed E-state index contributed by atoms with van der Waals surface area (Å²) in [4.78, 5) is 22.0. The lowest BCUT2D eigenvalue weighted by Gasteiger charge is -2.22.